The van der Waals surface area contributed by atoms with E-state index >= 15 is 0 Å². The van der Waals surface area contributed by atoms with Gasteiger partial charge in [0.25, 0.3) is 0 Å². The molecule has 1 saturated heterocycles. The van der Waals surface area contributed by atoms with Crippen LogP contribution in [0, 0.1) is 5.82 Å². The Bertz CT molecular complexity index is 700. The summed E-state index contributed by atoms with van der Waals surface area (Å²) in [6.07, 6.45) is 0.150. The lowest BCUT2D eigenvalue weighted by Gasteiger charge is -2.37. The number of hydrogen-bond acceptors (Lipinski definition) is 5. The van der Waals surface area contributed by atoms with Crippen LogP contribution in [0.15, 0.2) is 10.5 Å². The molecule has 3 rings (SSSR count). The molecule has 0 aromatic heterocycles. The summed E-state index contributed by atoms with van der Waals surface area (Å²) in [7, 11) is 0. The Morgan fingerprint density at radius 2 is 2.00 bits per heavy atom. The van der Waals surface area contributed by atoms with E-state index in [1.807, 2.05) is 25.7 Å². The fourth-order valence-electron chi connectivity index (χ4n) is 3.17. The Hall–Kier alpha value is -1.54. The van der Waals surface area contributed by atoms with Crippen LogP contribution in [0.25, 0.3) is 0 Å². The normalized spacial score (nSPS) is 20.5. The van der Waals surface area contributed by atoms with E-state index in [0.29, 0.717) is 50.5 Å². The summed E-state index contributed by atoms with van der Waals surface area (Å²) < 4.78 is 26.4. The second-order valence-corrected chi connectivity index (χ2v) is 8.52. The van der Waals surface area contributed by atoms with Crippen molar-refractivity contribution in [1.29, 1.82) is 0 Å². The molecule has 2 aliphatic rings. The molecule has 0 bridgehead atoms. The van der Waals surface area contributed by atoms with Gasteiger partial charge in [-0.3, -0.25) is 0 Å². The first-order chi connectivity index (χ1) is 12.2. The van der Waals surface area contributed by atoms with Crippen LogP contribution in [0.5, 0.6) is 5.75 Å². The molecule has 1 amide bonds. The Labute approximate surface area is 161 Å². The van der Waals surface area contributed by atoms with Crippen LogP contribution in [0.3, 0.4) is 0 Å². The number of amides is 1. The highest BCUT2D eigenvalue weighted by Gasteiger charge is 2.30. The van der Waals surface area contributed by atoms with Crippen LogP contribution in [0.4, 0.5) is 14.9 Å². The molecule has 0 radical (unpaired) electrons. The number of rotatable bonds is 1. The summed E-state index contributed by atoms with van der Waals surface area (Å²) in [6, 6.07) is 1.33. The van der Waals surface area contributed by atoms with E-state index in [2.05, 4.69) is 15.9 Å². The first-order valence-electron chi connectivity index (χ1n) is 8.78. The van der Waals surface area contributed by atoms with E-state index in [-0.39, 0.29) is 18.0 Å². The van der Waals surface area contributed by atoms with Gasteiger partial charge in [-0.15, -0.1) is 0 Å². The molecule has 8 heteroatoms. The van der Waals surface area contributed by atoms with Crippen molar-refractivity contribution in [1.82, 2.24) is 4.90 Å². The molecule has 0 saturated carbocycles. The smallest absolute Gasteiger partial charge is 0.410 e. The molecule has 26 heavy (non-hydrogen) atoms. The van der Waals surface area contributed by atoms with E-state index in [0.717, 1.165) is 10.2 Å². The molecular formula is C18H25BrFN3O3. The van der Waals surface area contributed by atoms with Gasteiger partial charge in [-0.25, -0.2) is 9.18 Å². The summed E-state index contributed by atoms with van der Waals surface area (Å²) in [5.41, 5.74) is 6.61. The largest absolute Gasteiger partial charge is 0.490 e. The summed E-state index contributed by atoms with van der Waals surface area (Å²) >= 11 is 3.56. The van der Waals surface area contributed by atoms with Gasteiger partial charge in [0, 0.05) is 37.8 Å². The van der Waals surface area contributed by atoms with Gasteiger partial charge >= 0.3 is 6.09 Å². The highest BCUT2D eigenvalue weighted by Crippen LogP contribution is 2.42. The zero-order chi connectivity index (χ0) is 19.1. The standard InChI is InChI=1S/C18H25BrFN3O3/c1-18(2,3)26-17(24)23-6-4-22(5-7-23)14-9-13(20)12-8-11(21)10-25-16(12)15(14)19/h9,11H,4-8,10,21H2,1-3H3/t11-/m1/s1. The SMILES string of the molecule is CC(C)(C)OC(=O)N1CCN(c2cc(F)c3c(c2Br)OC[C@H](N)C3)CC1. The Morgan fingerprint density at radius 3 is 2.62 bits per heavy atom. The van der Waals surface area contributed by atoms with E-state index in [1.165, 1.54) is 6.07 Å². The Morgan fingerprint density at radius 1 is 1.35 bits per heavy atom. The minimum Gasteiger partial charge on any atom is -0.490 e. The van der Waals surface area contributed by atoms with Gasteiger partial charge in [-0.05, 0) is 49.2 Å². The number of hydrogen-bond donors (Lipinski definition) is 1. The van der Waals surface area contributed by atoms with Gasteiger partial charge in [0.1, 0.15) is 23.8 Å². The van der Waals surface area contributed by atoms with Crippen LogP contribution in [0.2, 0.25) is 0 Å². The van der Waals surface area contributed by atoms with Gasteiger partial charge in [0.2, 0.25) is 0 Å². The van der Waals surface area contributed by atoms with Crippen molar-refractivity contribution < 1.29 is 18.7 Å². The molecule has 1 atom stereocenters. The Balaban J connectivity index is 1.72. The number of carbonyl (C=O) groups is 1. The number of anilines is 1. The number of benzene rings is 1. The molecule has 144 valence electrons. The lowest BCUT2D eigenvalue weighted by atomic mass is 10.0. The fraction of sp³-hybridized carbons (Fsp3) is 0.611. The summed E-state index contributed by atoms with van der Waals surface area (Å²) in [5.74, 6) is 0.235. The molecule has 1 aromatic rings. The van der Waals surface area contributed by atoms with Gasteiger partial charge in [0.05, 0.1) is 10.2 Å². The van der Waals surface area contributed by atoms with Crippen LogP contribution >= 0.6 is 15.9 Å². The zero-order valence-electron chi connectivity index (χ0n) is 15.3. The molecule has 6 nitrogen and oxygen atoms in total. The highest BCUT2D eigenvalue weighted by atomic mass is 79.9. The average Bonchev–Trinajstić information content (AvgIpc) is 2.56. The number of ether oxygens (including phenoxy) is 2. The first-order valence-corrected chi connectivity index (χ1v) is 9.57. The lowest BCUT2D eigenvalue weighted by Crippen LogP contribution is -2.50. The second kappa shape index (κ2) is 7.23. The molecular weight excluding hydrogens is 405 g/mol. The molecule has 1 aromatic carbocycles. The lowest BCUT2D eigenvalue weighted by molar-refractivity contribution is 0.0240. The summed E-state index contributed by atoms with van der Waals surface area (Å²) in [4.78, 5) is 15.9. The van der Waals surface area contributed by atoms with Crippen molar-refractivity contribution in [3.8, 4) is 5.75 Å². The third-order valence-corrected chi connectivity index (χ3v) is 5.20. The average molecular weight is 430 g/mol. The fourth-order valence-corrected chi connectivity index (χ4v) is 3.89. The number of fused-ring (bicyclic) bond motifs is 1. The zero-order valence-corrected chi connectivity index (χ0v) is 16.9. The molecule has 1 fully saturated rings. The number of nitrogens with zero attached hydrogens (tertiary/aromatic N) is 2. The van der Waals surface area contributed by atoms with Crippen LogP contribution in [-0.4, -0.2) is 55.4 Å². The highest BCUT2D eigenvalue weighted by molar-refractivity contribution is 9.10. The molecule has 2 N–H and O–H groups in total. The minimum absolute atomic E-state index is 0.188. The number of nitrogens with two attached hydrogens (primary N) is 1. The second-order valence-electron chi connectivity index (χ2n) is 7.73. The summed E-state index contributed by atoms with van der Waals surface area (Å²) in [6.45, 7) is 8.14. The number of carbonyl (C=O) groups excluding carboxylic acids is 1. The van der Waals surface area contributed by atoms with Crippen molar-refractivity contribution in [3.05, 3.63) is 21.9 Å². The maximum Gasteiger partial charge on any atom is 0.410 e. The van der Waals surface area contributed by atoms with E-state index in [1.54, 1.807) is 4.90 Å². The van der Waals surface area contributed by atoms with Gasteiger partial charge in [-0.2, -0.15) is 0 Å². The summed E-state index contributed by atoms with van der Waals surface area (Å²) in [5, 5.41) is 0. The molecule has 2 heterocycles. The van der Waals surface area contributed by atoms with Crippen LogP contribution in [0.1, 0.15) is 26.3 Å². The molecule has 0 unspecified atom stereocenters. The molecule has 0 aliphatic carbocycles. The number of halogens is 2. The van der Waals surface area contributed by atoms with E-state index in [9.17, 15) is 9.18 Å². The third kappa shape index (κ3) is 4.06. The van der Waals surface area contributed by atoms with E-state index in [4.69, 9.17) is 15.2 Å². The first kappa shape index (κ1) is 19.2. The maximum absolute atomic E-state index is 14.6. The predicted octanol–water partition coefficient (Wildman–Crippen LogP) is 2.91. The predicted molar refractivity (Wildman–Crippen MR) is 101 cm³/mol. The molecule has 2 aliphatic heterocycles. The monoisotopic (exact) mass is 429 g/mol. The van der Waals surface area contributed by atoms with Crippen molar-refractivity contribution in [2.24, 2.45) is 5.73 Å². The van der Waals surface area contributed by atoms with Crippen molar-refractivity contribution >= 4 is 27.7 Å². The van der Waals surface area contributed by atoms with Gasteiger partial charge < -0.3 is 25.0 Å². The van der Waals surface area contributed by atoms with Crippen LogP contribution in [-0.2, 0) is 11.2 Å². The number of piperazine rings is 1. The minimum atomic E-state index is -0.517. The van der Waals surface area contributed by atoms with E-state index < -0.39 is 5.60 Å². The van der Waals surface area contributed by atoms with Crippen molar-refractivity contribution in [2.45, 2.75) is 38.8 Å². The van der Waals surface area contributed by atoms with Crippen molar-refractivity contribution in [2.75, 3.05) is 37.7 Å². The molecule has 0 spiro atoms. The quantitative estimate of drug-likeness (QED) is 0.742. The maximum atomic E-state index is 14.6. The van der Waals surface area contributed by atoms with Crippen molar-refractivity contribution in [3.63, 3.8) is 0 Å². The Kier molecular flexibility index (Phi) is 5.35. The van der Waals surface area contributed by atoms with Gasteiger partial charge in [-0.1, -0.05) is 0 Å². The third-order valence-electron chi connectivity index (χ3n) is 4.43. The van der Waals surface area contributed by atoms with Gasteiger partial charge in [0.15, 0.2) is 0 Å². The topological polar surface area (TPSA) is 68.0 Å². The van der Waals surface area contributed by atoms with Crippen LogP contribution < -0.4 is 15.4 Å².